The Morgan fingerprint density at radius 1 is 1.39 bits per heavy atom. The molecule has 0 radical (unpaired) electrons. The summed E-state index contributed by atoms with van der Waals surface area (Å²) in [6, 6.07) is 0. The lowest BCUT2D eigenvalue weighted by atomic mass is 10.3. The van der Waals surface area contributed by atoms with E-state index in [4.69, 9.17) is 5.11 Å². The van der Waals surface area contributed by atoms with Gasteiger partial charge in [-0.1, -0.05) is 13.3 Å². The molecule has 1 aromatic rings. The van der Waals surface area contributed by atoms with E-state index in [1.807, 2.05) is 13.8 Å². The SMILES string of the molecule is CCCCN(CCO)S(=O)(=O)c1cn(CC)cn1. The van der Waals surface area contributed by atoms with Crippen LogP contribution in [0.4, 0.5) is 0 Å². The predicted octanol–water partition coefficient (Wildman–Crippen LogP) is 0.686. The fourth-order valence-electron chi connectivity index (χ4n) is 1.58. The van der Waals surface area contributed by atoms with Crippen LogP contribution in [0.25, 0.3) is 0 Å². The average molecular weight is 275 g/mol. The Kier molecular flexibility index (Phi) is 5.77. The minimum Gasteiger partial charge on any atom is -0.395 e. The van der Waals surface area contributed by atoms with Crippen molar-refractivity contribution >= 4 is 10.0 Å². The van der Waals surface area contributed by atoms with Crippen LogP contribution in [0.1, 0.15) is 26.7 Å². The summed E-state index contributed by atoms with van der Waals surface area (Å²) in [6.07, 6.45) is 4.70. The van der Waals surface area contributed by atoms with Gasteiger partial charge in [0.05, 0.1) is 12.9 Å². The van der Waals surface area contributed by atoms with E-state index in [-0.39, 0.29) is 18.2 Å². The van der Waals surface area contributed by atoms with Gasteiger partial charge in [-0.15, -0.1) is 0 Å². The maximum atomic E-state index is 12.3. The number of imidazole rings is 1. The van der Waals surface area contributed by atoms with Gasteiger partial charge in [0.2, 0.25) is 0 Å². The van der Waals surface area contributed by atoms with Crippen molar-refractivity contribution in [1.29, 1.82) is 0 Å². The zero-order chi connectivity index (χ0) is 13.6. The number of unbranched alkanes of at least 4 members (excludes halogenated alkanes) is 1. The second kappa shape index (κ2) is 6.86. The van der Waals surface area contributed by atoms with Crippen molar-refractivity contribution in [1.82, 2.24) is 13.9 Å². The van der Waals surface area contributed by atoms with E-state index in [1.165, 1.54) is 16.8 Å². The second-order valence-corrected chi connectivity index (χ2v) is 5.91. The minimum atomic E-state index is -3.58. The molecule has 0 saturated carbocycles. The minimum absolute atomic E-state index is 0.0499. The van der Waals surface area contributed by atoms with E-state index in [0.717, 1.165) is 12.8 Å². The Labute approximate surface area is 108 Å². The molecule has 0 spiro atoms. The molecule has 104 valence electrons. The predicted molar refractivity (Wildman–Crippen MR) is 68.7 cm³/mol. The Morgan fingerprint density at radius 2 is 2.11 bits per heavy atom. The Bertz CT molecular complexity index is 456. The van der Waals surface area contributed by atoms with Gasteiger partial charge in [0.1, 0.15) is 0 Å². The molecule has 18 heavy (non-hydrogen) atoms. The van der Waals surface area contributed by atoms with Crippen LogP contribution in [-0.2, 0) is 16.6 Å². The fourth-order valence-corrected chi connectivity index (χ4v) is 2.98. The third kappa shape index (κ3) is 3.54. The molecule has 0 aliphatic heterocycles. The maximum absolute atomic E-state index is 12.3. The van der Waals surface area contributed by atoms with Gasteiger partial charge in [-0.2, -0.15) is 4.31 Å². The van der Waals surface area contributed by atoms with Gasteiger partial charge in [0.15, 0.2) is 5.03 Å². The molecule has 0 saturated heterocycles. The van der Waals surface area contributed by atoms with Crippen molar-refractivity contribution in [2.45, 2.75) is 38.3 Å². The van der Waals surface area contributed by atoms with E-state index in [0.29, 0.717) is 13.1 Å². The zero-order valence-electron chi connectivity index (χ0n) is 10.9. The van der Waals surface area contributed by atoms with Gasteiger partial charge in [0.25, 0.3) is 10.0 Å². The maximum Gasteiger partial charge on any atom is 0.262 e. The molecule has 6 nitrogen and oxygen atoms in total. The van der Waals surface area contributed by atoms with Crippen molar-refractivity contribution in [3.8, 4) is 0 Å². The molecule has 0 amide bonds. The van der Waals surface area contributed by atoms with E-state index >= 15 is 0 Å². The van der Waals surface area contributed by atoms with E-state index in [1.54, 1.807) is 4.57 Å². The fraction of sp³-hybridized carbons (Fsp3) is 0.727. The lowest BCUT2D eigenvalue weighted by molar-refractivity contribution is 0.252. The number of hydrogen-bond donors (Lipinski definition) is 1. The lowest BCUT2D eigenvalue weighted by Crippen LogP contribution is -2.34. The number of aliphatic hydroxyl groups excluding tert-OH is 1. The third-order valence-electron chi connectivity index (χ3n) is 2.69. The molecular weight excluding hydrogens is 254 g/mol. The molecule has 0 aromatic carbocycles. The molecule has 1 heterocycles. The van der Waals surface area contributed by atoms with E-state index in [2.05, 4.69) is 4.98 Å². The topological polar surface area (TPSA) is 75.4 Å². The smallest absolute Gasteiger partial charge is 0.262 e. The van der Waals surface area contributed by atoms with Crippen LogP contribution in [0.2, 0.25) is 0 Å². The molecular formula is C11H21N3O3S. The highest BCUT2D eigenvalue weighted by molar-refractivity contribution is 7.89. The number of sulfonamides is 1. The summed E-state index contributed by atoms with van der Waals surface area (Å²) in [4.78, 5) is 3.92. The van der Waals surface area contributed by atoms with E-state index < -0.39 is 10.0 Å². The third-order valence-corrected chi connectivity index (χ3v) is 4.47. The monoisotopic (exact) mass is 275 g/mol. The molecule has 0 aliphatic rings. The van der Waals surface area contributed by atoms with Crippen LogP contribution in [0, 0.1) is 0 Å². The van der Waals surface area contributed by atoms with Crippen molar-refractivity contribution in [2.75, 3.05) is 19.7 Å². The Balaban J connectivity index is 2.92. The lowest BCUT2D eigenvalue weighted by Gasteiger charge is -2.19. The van der Waals surface area contributed by atoms with Crippen molar-refractivity contribution in [2.24, 2.45) is 0 Å². The van der Waals surface area contributed by atoms with Crippen LogP contribution in [0.3, 0.4) is 0 Å². The second-order valence-electron chi connectivity index (χ2n) is 4.02. The van der Waals surface area contributed by atoms with Gasteiger partial charge < -0.3 is 9.67 Å². The summed E-state index contributed by atoms with van der Waals surface area (Å²) < 4.78 is 27.6. The highest BCUT2D eigenvalue weighted by Crippen LogP contribution is 2.14. The zero-order valence-corrected chi connectivity index (χ0v) is 11.7. The van der Waals surface area contributed by atoms with Crippen molar-refractivity contribution in [3.63, 3.8) is 0 Å². The normalized spacial score (nSPS) is 12.2. The summed E-state index contributed by atoms with van der Waals surface area (Å²) in [5, 5.41) is 9.02. The first-order chi connectivity index (χ1) is 8.56. The van der Waals surface area contributed by atoms with Crippen LogP contribution >= 0.6 is 0 Å². The van der Waals surface area contributed by atoms with Gasteiger partial charge in [0, 0.05) is 25.8 Å². The van der Waals surface area contributed by atoms with Crippen LogP contribution in [0.5, 0.6) is 0 Å². The van der Waals surface area contributed by atoms with Gasteiger partial charge in [-0.3, -0.25) is 0 Å². The standard InChI is InChI=1S/C11H21N3O3S/c1-3-5-6-14(7-8-15)18(16,17)11-9-13(4-2)10-12-11/h9-10,15H,3-8H2,1-2H3. The van der Waals surface area contributed by atoms with Crippen LogP contribution < -0.4 is 0 Å². The number of rotatable bonds is 8. The molecule has 0 aliphatic carbocycles. The molecule has 0 fully saturated rings. The summed E-state index contributed by atoms with van der Waals surface area (Å²) in [6.45, 7) is 4.94. The van der Waals surface area contributed by atoms with Crippen molar-refractivity contribution in [3.05, 3.63) is 12.5 Å². The molecule has 1 rings (SSSR count). The van der Waals surface area contributed by atoms with Crippen molar-refractivity contribution < 1.29 is 13.5 Å². The number of aryl methyl sites for hydroxylation is 1. The van der Waals surface area contributed by atoms with Gasteiger partial charge in [-0.25, -0.2) is 13.4 Å². The first-order valence-electron chi connectivity index (χ1n) is 6.19. The molecule has 1 N–H and O–H groups in total. The Hall–Kier alpha value is -0.920. The summed E-state index contributed by atoms with van der Waals surface area (Å²) in [5.41, 5.74) is 0. The molecule has 0 bridgehead atoms. The first kappa shape index (κ1) is 15.1. The first-order valence-corrected chi connectivity index (χ1v) is 7.63. The average Bonchev–Trinajstić information content (AvgIpc) is 2.83. The number of aliphatic hydroxyl groups is 1. The highest BCUT2D eigenvalue weighted by Gasteiger charge is 2.25. The summed E-state index contributed by atoms with van der Waals surface area (Å²) >= 11 is 0. The van der Waals surface area contributed by atoms with Crippen LogP contribution in [-0.4, -0.2) is 47.1 Å². The summed E-state index contributed by atoms with van der Waals surface area (Å²) in [7, 11) is -3.58. The molecule has 0 unspecified atom stereocenters. The van der Waals surface area contributed by atoms with E-state index in [9.17, 15) is 8.42 Å². The summed E-state index contributed by atoms with van der Waals surface area (Å²) in [5.74, 6) is 0. The Morgan fingerprint density at radius 3 is 2.61 bits per heavy atom. The number of hydrogen-bond acceptors (Lipinski definition) is 4. The van der Waals surface area contributed by atoms with Gasteiger partial charge in [-0.05, 0) is 13.3 Å². The van der Waals surface area contributed by atoms with Gasteiger partial charge >= 0.3 is 0 Å². The quantitative estimate of drug-likeness (QED) is 0.757. The highest BCUT2D eigenvalue weighted by atomic mass is 32.2. The number of nitrogens with zero attached hydrogens (tertiary/aromatic N) is 3. The molecule has 7 heteroatoms. The molecule has 0 atom stereocenters. The largest absolute Gasteiger partial charge is 0.395 e. The molecule has 1 aromatic heterocycles. The van der Waals surface area contributed by atoms with Crippen LogP contribution in [0.15, 0.2) is 17.6 Å². The number of aromatic nitrogens is 2.